The molecule has 1 saturated heterocycles. The number of nitrogens with one attached hydrogen (secondary N) is 7. The zero-order valence-corrected chi connectivity index (χ0v) is 37.0. The molecule has 65 heavy (non-hydrogen) atoms. The van der Waals surface area contributed by atoms with Crippen molar-refractivity contribution in [3.05, 3.63) is 28.2 Å². The lowest BCUT2D eigenvalue weighted by Crippen LogP contribution is -2.61. The molecule has 10 atom stereocenters. The Bertz CT molecular complexity index is 2020. The summed E-state index contributed by atoms with van der Waals surface area (Å²) in [5.74, 6) is -6.95. The third-order valence-electron chi connectivity index (χ3n) is 9.82. The van der Waals surface area contributed by atoms with E-state index < -0.39 is 113 Å². The van der Waals surface area contributed by atoms with Crippen LogP contribution >= 0.6 is 11.8 Å². The fraction of sp³-hybridized carbons (Fsp3) is 0.649. The minimum atomic E-state index is -2.25. The lowest BCUT2D eigenvalue weighted by Gasteiger charge is -2.29. The minimum Gasteiger partial charge on any atom is -0.480 e. The second-order valence-electron chi connectivity index (χ2n) is 15.0. The molecule has 1 aromatic heterocycles. The van der Waals surface area contributed by atoms with Gasteiger partial charge in [-0.15, -0.1) is 11.8 Å². The number of rotatable bonds is 25. The Kier molecular flexibility index (Phi) is 22.7. The lowest BCUT2D eigenvalue weighted by molar-refractivity contribution is -0.146. The summed E-state index contributed by atoms with van der Waals surface area (Å²) in [5.41, 5.74) is 10.1. The molecular weight excluding hydrogens is 885 g/mol. The number of urea groups is 1. The van der Waals surface area contributed by atoms with Crippen molar-refractivity contribution >= 4 is 65.1 Å². The molecule has 0 aromatic carbocycles. The summed E-state index contributed by atoms with van der Waals surface area (Å²) in [6, 6.07) is -8.01. The molecule has 28 heteroatoms. The molecule has 1 aromatic rings. The molecule has 1 fully saturated rings. The van der Waals surface area contributed by atoms with Crippen LogP contribution in [0.1, 0.15) is 64.7 Å². The Morgan fingerprint density at radius 1 is 0.754 bits per heavy atom. The predicted octanol–water partition coefficient (Wildman–Crippen LogP) is -7.04. The monoisotopic (exact) mass is 944 g/mol. The van der Waals surface area contributed by atoms with Gasteiger partial charge in [0.05, 0.1) is 30.1 Å². The maximum Gasteiger partial charge on any atom is 0.340 e. The number of aliphatic carboxylic acids is 1. The summed E-state index contributed by atoms with van der Waals surface area (Å²) in [4.78, 5) is 128. The van der Waals surface area contributed by atoms with E-state index in [1.54, 1.807) is 0 Å². The number of carbonyl (C=O) groups is 9. The zero-order valence-electron chi connectivity index (χ0n) is 36.2. The maximum absolute atomic E-state index is 13.7. The first-order valence-electron chi connectivity index (χ1n) is 20.4. The molecule has 27 nitrogen and oxygen atoms in total. The minimum absolute atomic E-state index is 0.0331. The maximum atomic E-state index is 13.7. The standard InChI is InChI=1S/C37H60N12O15S/c1-17(51)40-12-5-8-20(38)30(57)43-21(9-6-13-41-18(2)52)31(58)44-22(10-7-14-42-19(3)53)32(59)45-23(16-50)33(60)47-25(35(61)62)26(54)29-27(55)28(56)34(65-29)49-15-11-24(46-36(39)63)48(4)37(49)64/h11,15,20-23,25-29,34,50,54-56H,5-10,12-14,16,38H2,1-4H3,(H2,39,63)(H,40,51)(H,41,52)(H,42,53)(H,43,57)(H,44,58)(H,45,59)(H,47,60)(H,61,62)/b46-24-/t20-,21-,22-,23-,25+,26-,27+,28+,29+,34+/m0/s1. The number of thioether (sulfide) groups is 1. The number of carboxylic acids is 1. The number of amides is 9. The smallest absolute Gasteiger partial charge is 0.340 e. The van der Waals surface area contributed by atoms with Gasteiger partial charge in [-0.25, -0.2) is 14.4 Å². The van der Waals surface area contributed by atoms with E-state index in [1.165, 1.54) is 33.9 Å². The van der Waals surface area contributed by atoms with Crippen LogP contribution < -0.4 is 59.9 Å². The normalized spacial score (nSPS) is 19.9. The molecule has 16 N–H and O–H groups in total. The molecule has 0 spiro atoms. The number of nitrogens with two attached hydrogens (primary N) is 2. The van der Waals surface area contributed by atoms with Gasteiger partial charge in [0.25, 0.3) is 0 Å². The Hall–Kier alpha value is -5.94. The van der Waals surface area contributed by atoms with E-state index >= 15 is 0 Å². The quantitative estimate of drug-likeness (QED) is 0.0405. The summed E-state index contributed by atoms with van der Waals surface area (Å²) < 4.78 is 1.83. The van der Waals surface area contributed by atoms with Crippen molar-refractivity contribution in [2.45, 2.75) is 118 Å². The molecule has 0 bridgehead atoms. The highest BCUT2D eigenvalue weighted by Crippen LogP contribution is 2.43. The van der Waals surface area contributed by atoms with Crippen LogP contribution in [0.5, 0.6) is 0 Å². The van der Waals surface area contributed by atoms with Crippen LogP contribution in [0, 0.1) is 0 Å². The van der Waals surface area contributed by atoms with Crippen molar-refractivity contribution in [3.8, 4) is 0 Å². The highest BCUT2D eigenvalue weighted by Gasteiger charge is 2.50. The van der Waals surface area contributed by atoms with Gasteiger partial charge in [0.1, 0.15) is 35.1 Å². The molecule has 1 aliphatic heterocycles. The molecule has 1 aliphatic rings. The second-order valence-corrected chi connectivity index (χ2v) is 16.3. The summed E-state index contributed by atoms with van der Waals surface area (Å²) >= 11 is 0.581. The van der Waals surface area contributed by atoms with Crippen LogP contribution in [0.15, 0.2) is 22.1 Å². The van der Waals surface area contributed by atoms with Gasteiger partial charge < -0.3 is 74.2 Å². The third kappa shape index (κ3) is 17.5. The van der Waals surface area contributed by atoms with Crippen LogP contribution in [0.2, 0.25) is 0 Å². The number of nitrogens with zero attached hydrogens (tertiary/aromatic N) is 3. The Balaban J connectivity index is 2.30. The van der Waals surface area contributed by atoms with Gasteiger partial charge in [0.15, 0.2) is 6.04 Å². The van der Waals surface area contributed by atoms with Crippen LogP contribution in [0.3, 0.4) is 0 Å². The fourth-order valence-corrected chi connectivity index (χ4v) is 7.94. The molecule has 364 valence electrons. The molecule has 9 amide bonds. The summed E-state index contributed by atoms with van der Waals surface area (Å²) in [5, 5.41) is 67.2. The highest BCUT2D eigenvalue weighted by atomic mass is 32.2. The summed E-state index contributed by atoms with van der Waals surface area (Å²) in [6.07, 6.45) is -4.27. The Morgan fingerprint density at radius 2 is 1.22 bits per heavy atom. The van der Waals surface area contributed by atoms with Crippen molar-refractivity contribution < 1.29 is 68.7 Å². The molecule has 0 aliphatic carbocycles. The van der Waals surface area contributed by atoms with Crippen LogP contribution in [0.4, 0.5) is 4.79 Å². The Morgan fingerprint density at radius 3 is 1.68 bits per heavy atom. The van der Waals surface area contributed by atoms with E-state index in [0.29, 0.717) is 18.2 Å². The molecule has 2 heterocycles. The number of aliphatic hydroxyl groups excluding tert-OH is 4. The van der Waals surface area contributed by atoms with Crippen molar-refractivity contribution in [1.29, 1.82) is 0 Å². The van der Waals surface area contributed by atoms with E-state index in [-0.39, 0.29) is 69.0 Å². The summed E-state index contributed by atoms with van der Waals surface area (Å²) in [7, 11) is 1.23. The number of primary amides is 1. The molecule has 0 radical (unpaired) electrons. The number of carboxylic acid groups (broad SMARTS) is 1. The molecule has 0 saturated carbocycles. The van der Waals surface area contributed by atoms with Crippen molar-refractivity contribution in [2.75, 3.05) is 26.2 Å². The number of aromatic nitrogens is 2. The first-order valence-corrected chi connectivity index (χ1v) is 21.3. The fourth-order valence-electron chi connectivity index (χ4n) is 6.36. The summed E-state index contributed by atoms with van der Waals surface area (Å²) in [6.45, 7) is 3.08. The van der Waals surface area contributed by atoms with E-state index in [4.69, 9.17) is 11.5 Å². The SMILES string of the molecule is CC(=O)NCCC[C@H](NC(=O)[C@H](CCCNC(C)=O)NC(=O)[C@@H](N)CCCNC(C)=O)C(=O)N[C@@H](CO)C(=O)N[C@@H](C(=O)O)[C@H](O)[C@H]1S[C@@H](n2cc/c(=N/C(N)=O)n(C)c2=O)[C@H](O)[C@H]1O. The zero-order chi connectivity index (χ0) is 49.1. The Labute approximate surface area is 375 Å². The number of hydrogen-bond acceptors (Lipinski definition) is 16. The van der Waals surface area contributed by atoms with E-state index in [9.17, 15) is 73.5 Å². The van der Waals surface area contributed by atoms with Crippen molar-refractivity contribution in [2.24, 2.45) is 23.5 Å². The first kappa shape index (κ1) is 55.2. The largest absolute Gasteiger partial charge is 0.480 e. The van der Waals surface area contributed by atoms with Gasteiger partial charge >= 0.3 is 17.7 Å². The second kappa shape index (κ2) is 26.8. The molecule has 0 unspecified atom stereocenters. The van der Waals surface area contributed by atoms with E-state index in [0.717, 1.165) is 15.3 Å². The average Bonchev–Trinajstić information content (AvgIpc) is 3.52. The van der Waals surface area contributed by atoms with Crippen LogP contribution in [-0.2, 0) is 45.4 Å². The van der Waals surface area contributed by atoms with Gasteiger partial charge in [-0.1, -0.05) is 0 Å². The van der Waals surface area contributed by atoms with Gasteiger partial charge in [-0.2, -0.15) is 4.99 Å². The van der Waals surface area contributed by atoms with Crippen molar-refractivity contribution in [3.63, 3.8) is 0 Å². The van der Waals surface area contributed by atoms with Crippen LogP contribution in [-0.4, -0.2) is 168 Å². The number of carbonyl (C=O) groups excluding carboxylic acids is 8. The van der Waals surface area contributed by atoms with Gasteiger partial charge in [-0.05, 0) is 44.6 Å². The third-order valence-corrected chi connectivity index (χ3v) is 11.5. The average molecular weight is 945 g/mol. The number of hydrogen-bond donors (Lipinski definition) is 14. The van der Waals surface area contributed by atoms with E-state index in [2.05, 4.69) is 36.9 Å². The van der Waals surface area contributed by atoms with Crippen LogP contribution in [0.25, 0.3) is 0 Å². The molecular formula is C37H60N12O15S. The van der Waals surface area contributed by atoms with Gasteiger partial charge in [0, 0.05) is 53.6 Å². The van der Waals surface area contributed by atoms with Crippen molar-refractivity contribution in [1.82, 2.24) is 46.4 Å². The highest BCUT2D eigenvalue weighted by molar-refractivity contribution is 8.00. The molecule has 2 rings (SSSR count). The number of aliphatic hydroxyl groups is 4. The van der Waals surface area contributed by atoms with Gasteiger partial charge in [-0.3, -0.25) is 42.7 Å². The first-order chi connectivity index (χ1) is 30.5. The topological polar surface area (TPSA) is 430 Å². The van der Waals surface area contributed by atoms with Gasteiger partial charge in [0.2, 0.25) is 41.4 Å². The van der Waals surface area contributed by atoms with E-state index in [1.807, 2.05) is 5.32 Å². The lowest BCUT2D eigenvalue weighted by atomic mass is 10.00. The predicted molar refractivity (Wildman–Crippen MR) is 227 cm³/mol.